The lowest BCUT2D eigenvalue weighted by Crippen LogP contribution is -2.46. The quantitative estimate of drug-likeness (QED) is 0.111. The number of unbranched alkanes of at least 4 members (excludes halogenated alkanes) is 1. The van der Waals surface area contributed by atoms with E-state index in [0.29, 0.717) is 48.6 Å². The largest absolute Gasteiger partial charge is 0.491 e. The summed E-state index contributed by atoms with van der Waals surface area (Å²) in [6.07, 6.45) is -2.71. The van der Waals surface area contributed by atoms with Gasteiger partial charge in [0.2, 0.25) is 0 Å². The van der Waals surface area contributed by atoms with Gasteiger partial charge in [-0.1, -0.05) is 54.6 Å². The summed E-state index contributed by atoms with van der Waals surface area (Å²) < 4.78 is 48.2. The molecule has 1 aliphatic rings. The number of rotatable bonds is 11. The van der Waals surface area contributed by atoms with Gasteiger partial charge in [-0.3, -0.25) is 19.3 Å². The molecule has 2 atom stereocenters. The van der Waals surface area contributed by atoms with E-state index in [0.717, 1.165) is 5.56 Å². The molecule has 2 amide bonds. The lowest BCUT2D eigenvalue weighted by atomic mass is 10.00. The number of para-hydroxylation sites is 1. The molecule has 5 rings (SSSR count). The van der Waals surface area contributed by atoms with Crippen molar-refractivity contribution in [2.45, 2.75) is 50.9 Å². The molecule has 1 aliphatic heterocycles. The fourth-order valence-electron chi connectivity index (χ4n) is 5.64. The number of anilines is 3. The molecule has 0 aliphatic carbocycles. The van der Waals surface area contributed by atoms with Crippen molar-refractivity contribution in [1.29, 1.82) is 0 Å². The van der Waals surface area contributed by atoms with Crippen LogP contribution in [0, 0.1) is 0 Å². The minimum atomic E-state index is -5.39. The second-order valence-corrected chi connectivity index (χ2v) is 11.4. The number of alkyl halides is 3. The van der Waals surface area contributed by atoms with Crippen molar-refractivity contribution in [2.75, 3.05) is 17.2 Å². The molecule has 0 saturated carbocycles. The van der Waals surface area contributed by atoms with Gasteiger partial charge >= 0.3 is 18.1 Å². The van der Waals surface area contributed by atoms with E-state index in [-0.39, 0.29) is 11.4 Å². The van der Waals surface area contributed by atoms with Gasteiger partial charge in [0, 0.05) is 17.9 Å². The number of nitrogen functional groups attached to an aromatic ring is 1. The van der Waals surface area contributed by atoms with Crippen LogP contribution in [-0.2, 0) is 25.5 Å². The van der Waals surface area contributed by atoms with Crippen LogP contribution in [0.5, 0.6) is 5.75 Å². The van der Waals surface area contributed by atoms with Crippen LogP contribution in [0.15, 0.2) is 97.2 Å². The summed E-state index contributed by atoms with van der Waals surface area (Å²) in [6.45, 7) is 1.80. The standard InChI is InChI=1S/C36H33F3N4O6/c1-23(21-30(44)49-35(47)36(37,38)39)42-31(25-12-4-2-5-13-25)34(46)43(26-14-6-3-7-15-26)28-18-17-24(22-27(28)33(42)45)11-8-9-20-48-29-16-10-19-41-32(29)40/h2-7,10,12-19,22-23,31H,8-9,11,20-21H2,1H3,(H2,40,41). The number of ether oxygens (including phenoxy) is 2. The monoisotopic (exact) mass is 674 g/mol. The highest BCUT2D eigenvalue weighted by Crippen LogP contribution is 2.40. The summed E-state index contributed by atoms with van der Waals surface area (Å²) in [7, 11) is 0. The van der Waals surface area contributed by atoms with Crippen LogP contribution < -0.4 is 15.4 Å². The molecule has 2 unspecified atom stereocenters. The first-order valence-electron chi connectivity index (χ1n) is 15.5. The van der Waals surface area contributed by atoms with Crippen LogP contribution in [-0.4, -0.2) is 52.5 Å². The summed E-state index contributed by atoms with van der Waals surface area (Å²) in [5.41, 5.74) is 7.96. The zero-order valence-corrected chi connectivity index (χ0v) is 26.4. The number of carbonyl (C=O) groups excluding carboxylic acids is 4. The highest BCUT2D eigenvalue weighted by molar-refractivity contribution is 6.14. The molecular formula is C36H33F3N4O6. The zero-order valence-electron chi connectivity index (χ0n) is 26.4. The van der Waals surface area contributed by atoms with Crippen LogP contribution >= 0.6 is 0 Å². The average molecular weight is 675 g/mol. The molecule has 2 heterocycles. The molecular weight excluding hydrogens is 641 g/mol. The number of nitrogens with two attached hydrogens (primary N) is 1. The van der Waals surface area contributed by atoms with Crippen LogP contribution in [0.4, 0.5) is 30.4 Å². The van der Waals surface area contributed by atoms with E-state index in [1.54, 1.807) is 91.1 Å². The lowest BCUT2D eigenvalue weighted by molar-refractivity contribution is -0.202. The minimum absolute atomic E-state index is 0.152. The van der Waals surface area contributed by atoms with Gasteiger partial charge in [0.25, 0.3) is 11.8 Å². The maximum Gasteiger partial charge on any atom is 0.491 e. The number of fused-ring (bicyclic) bond motifs is 1. The Morgan fingerprint density at radius 1 is 0.939 bits per heavy atom. The Kier molecular flexibility index (Phi) is 10.6. The highest BCUT2D eigenvalue weighted by atomic mass is 19.4. The molecule has 0 spiro atoms. The van der Waals surface area contributed by atoms with Crippen molar-refractivity contribution in [3.8, 4) is 5.75 Å². The topological polar surface area (TPSA) is 132 Å². The van der Waals surface area contributed by atoms with Gasteiger partial charge in [-0.25, -0.2) is 9.78 Å². The number of hydrogen-bond acceptors (Lipinski definition) is 8. The Bertz CT molecular complexity index is 1820. The summed E-state index contributed by atoms with van der Waals surface area (Å²) in [5, 5.41) is 0. The van der Waals surface area contributed by atoms with Gasteiger partial charge in [0.15, 0.2) is 11.6 Å². The number of amides is 2. The number of benzene rings is 3. The summed E-state index contributed by atoms with van der Waals surface area (Å²) >= 11 is 0. The van der Waals surface area contributed by atoms with Crippen molar-refractivity contribution in [3.05, 3.63) is 114 Å². The second kappa shape index (κ2) is 15.0. The Morgan fingerprint density at radius 3 is 2.31 bits per heavy atom. The number of aryl methyl sites for hydroxylation is 1. The molecule has 1 aromatic heterocycles. The summed E-state index contributed by atoms with van der Waals surface area (Å²) in [6, 6.07) is 23.3. The number of carbonyl (C=O) groups is 4. The van der Waals surface area contributed by atoms with E-state index in [2.05, 4.69) is 9.72 Å². The van der Waals surface area contributed by atoms with Crippen LogP contribution in [0.3, 0.4) is 0 Å². The Morgan fingerprint density at radius 2 is 1.63 bits per heavy atom. The zero-order chi connectivity index (χ0) is 35.1. The summed E-state index contributed by atoms with van der Waals surface area (Å²) in [5.74, 6) is -4.54. The van der Waals surface area contributed by atoms with Gasteiger partial charge in [0.05, 0.1) is 24.3 Å². The molecule has 0 bridgehead atoms. The number of nitrogens with zero attached hydrogens (tertiary/aromatic N) is 3. The first-order chi connectivity index (χ1) is 23.5. The first-order valence-corrected chi connectivity index (χ1v) is 15.5. The molecule has 10 nitrogen and oxygen atoms in total. The predicted molar refractivity (Wildman–Crippen MR) is 174 cm³/mol. The van der Waals surface area contributed by atoms with E-state index < -0.39 is 48.4 Å². The van der Waals surface area contributed by atoms with Gasteiger partial charge in [-0.05, 0) is 73.7 Å². The maximum absolute atomic E-state index is 14.6. The Labute approximate surface area is 280 Å². The van der Waals surface area contributed by atoms with Crippen LogP contribution in [0.25, 0.3) is 0 Å². The fourth-order valence-corrected chi connectivity index (χ4v) is 5.64. The molecule has 49 heavy (non-hydrogen) atoms. The second-order valence-electron chi connectivity index (χ2n) is 11.4. The van der Waals surface area contributed by atoms with Crippen LogP contribution in [0.1, 0.15) is 53.7 Å². The van der Waals surface area contributed by atoms with Gasteiger partial charge in [0.1, 0.15) is 6.04 Å². The highest BCUT2D eigenvalue weighted by Gasteiger charge is 2.45. The molecule has 0 fully saturated rings. The molecule has 0 radical (unpaired) electrons. The predicted octanol–water partition coefficient (Wildman–Crippen LogP) is 6.34. The molecule has 0 saturated heterocycles. The number of aromatic nitrogens is 1. The Hall–Kier alpha value is -5.72. The Balaban J connectivity index is 1.48. The van der Waals surface area contributed by atoms with E-state index in [1.165, 1.54) is 16.7 Å². The number of halogens is 3. The van der Waals surface area contributed by atoms with Gasteiger partial charge < -0.3 is 20.1 Å². The van der Waals surface area contributed by atoms with Crippen molar-refractivity contribution in [1.82, 2.24) is 9.88 Å². The van der Waals surface area contributed by atoms with Crippen molar-refractivity contribution in [2.24, 2.45) is 0 Å². The normalized spacial score (nSPS) is 15.3. The van der Waals surface area contributed by atoms with Crippen molar-refractivity contribution in [3.63, 3.8) is 0 Å². The third kappa shape index (κ3) is 8.06. The van der Waals surface area contributed by atoms with E-state index in [4.69, 9.17) is 10.5 Å². The molecule has 13 heteroatoms. The van der Waals surface area contributed by atoms with Gasteiger partial charge in [-0.15, -0.1) is 0 Å². The van der Waals surface area contributed by atoms with E-state index in [1.807, 2.05) is 6.07 Å². The van der Waals surface area contributed by atoms with E-state index in [9.17, 15) is 32.3 Å². The van der Waals surface area contributed by atoms with Gasteiger partial charge in [-0.2, -0.15) is 13.2 Å². The molecule has 2 N–H and O–H groups in total. The third-order valence-corrected chi connectivity index (χ3v) is 7.92. The van der Waals surface area contributed by atoms with Crippen LogP contribution in [0.2, 0.25) is 0 Å². The fraction of sp³-hybridized carbons (Fsp3) is 0.250. The van der Waals surface area contributed by atoms with Crippen molar-refractivity contribution >= 4 is 40.9 Å². The third-order valence-electron chi connectivity index (χ3n) is 7.92. The number of esters is 2. The average Bonchev–Trinajstić information content (AvgIpc) is 3.17. The lowest BCUT2D eigenvalue weighted by Gasteiger charge is -2.35. The van der Waals surface area contributed by atoms with E-state index >= 15 is 0 Å². The van der Waals surface area contributed by atoms with Crippen molar-refractivity contribution < 1.29 is 41.8 Å². The molecule has 254 valence electrons. The SMILES string of the molecule is CC(CC(=O)OC(=O)C(F)(F)F)N1C(=O)c2cc(CCCCOc3cccnc3N)ccc2N(c2ccccc2)C(=O)C1c1ccccc1. The summed E-state index contributed by atoms with van der Waals surface area (Å²) in [4.78, 5) is 59.7. The molecule has 3 aromatic carbocycles. The smallest absolute Gasteiger partial charge is 0.490 e. The minimum Gasteiger partial charge on any atom is -0.490 e. The number of pyridine rings is 1. The first kappa shape index (κ1) is 34.6. The maximum atomic E-state index is 14.6. The molecule has 4 aromatic rings. The number of hydrogen-bond donors (Lipinski definition) is 1.